The Morgan fingerprint density at radius 2 is 1.81 bits per heavy atom. The highest BCUT2D eigenvalue weighted by Crippen LogP contribution is 2.86. The highest BCUT2D eigenvalue weighted by Gasteiger charge is 2.87. The molecule has 150 valence electrons. The molecule has 3 heteroatoms. The monoisotopic (exact) mass is 372 g/mol. The molecule has 1 N–H and O–H groups in total. The zero-order valence-electron chi connectivity index (χ0n) is 17.4. The fraction of sp³-hybridized carbons (Fsp3) is 0.958. The van der Waals surface area contributed by atoms with Crippen molar-refractivity contribution in [2.75, 3.05) is 7.11 Å². The summed E-state index contributed by atoms with van der Waals surface area (Å²) in [5, 5.41) is 12.2. The maximum atomic E-state index is 13.1. The van der Waals surface area contributed by atoms with Gasteiger partial charge in [-0.05, 0) is 79.4 Å². The molecule has 4 bridgehead atoms. The van der Waals surface area contributed by atoms with Crippen molar-refractivity contribution in [2.45, 2.75) is 96.2 Å². The second kappa shape index (κ2) is 4.83. The van der Waals surface area contributed by atoms with Crippen LogP contribution in [0, 0.1) is 39.4 Å². The third-order valence-electron chi connectivity index (χ3n) is 11.8. The number of carbonyl (C=O) groups is 1. The molecule has 6 saturated carbocycles. The van der Waals surface area contributed by atoms with E-state index in [0.29, 0.717) is 34.9 Å². The van der Waals surface area contributed by atoms with Crippen LogP contribution in [-0.2, 0) is 9.53 Å². The Bertz CT molecular complexity index is 710. The van der Waals surface area contributed by atoms with Gasteiger partial charge in [-0.1, -0.05) is 26.7 Å². The summed E-state index contributed by atoms with van der Waals surface area (Å²) >= 11 is 0. The molecule has 0 aliphatic heterocycles. The second-order valence-corrected chi connectivity index (χ2v) is 11.9. The van der Waals surface area contributed by atoms with Crippen molar-refractivity contribution in [1.82, 2.24) is 0 Å². The molecule has 8 unspecified atom stereocenters. The number of hydrogen-bond donors (Lipinski definition) is 1. The zero-order valence-corrected chi connectivity index (χ0v) is 17.4. The average molecular weight is 373 g/mol. The summed E-state index contributed by atoms with van der Waals surface area (Å²) in [7, 11) is 1.70. The largest absolute Gasteiger partial charge is 0.386 e. The Morgan fingerprint density at radius 3 is 2.52 bits per heavy atom. The smallest absolute Gasteiger partial charge is 0.141 e. The predicted molar refractivity (Wildman–Crippen MR) is 103 cm³/mol. The topological polar surface area (TPSA) is 46.5 Å². The van der Waals surface area contributed by atoms with Crippen LogP contribution in [0.3, 0.4) is 0 Å². The van der Waals surface area contributed by atoms with Gasteiger partial charge in [0.05, 0.1) is 12.0 Å². The molecule has 2 spiro atoms. The van der Waals surface area contributed by atoms with E-state index >= 15 is 0 Å². The van der Waals surface area contributed by atoms with Gasteiger partial charge in [0, 0.05) is 18.9 Å². The van der Waals surface area contributed by atoms with Gasteiger partial charge in [-0.2, -0.15) is 0 Å². The van der Waals surface area contributed by atoms with E-state index in [4.69, 9.17) is 4.74 Å². The minimum Gasteiger partial charge on any atom is -0.386 e. The van der Waals surface area contributed by atoms with Gasteiger partial charge in [0.15, 0.2) is 0 Å². The standard InChI is InChI=1S/C24H36O3/c1-20-13-15-6-9-23(11-10-22(14-23)7-4-5-8-22)21(20,2)18(15)19-16(25)12-17(27-3)24(19,20)26/h15,17-19,26H,4-14H2,1-3H3. The second-order valence-electron chi connectivity index (χ2n) is 11.9. The molecule has 0 saturated heterocycles. The van der Waals surface area contributed by atoms with Crippen LogP contribution in [0.4, 0.5) is 0 Å². The minimum atomic E-state index is -0.947. The predicted octanol–water partition coefficient (Wildman–Crippen LogP) is 4.51. The lowest BCUT2D eigenvalue weighted by atomic mass is 9.47. The number of methoxy groups -OCH3 is 1. The van der Waals surface area contributed by atoms with Crippen molar-refractivity contribution in [2.24, 2.45) is 39.4 Å². The Balaban J connectivity index is 1.51. The Morgan fingerprint density at radius 1 is 1.07 bits per heavy atom. The Labute approximate surface area is 163 Å². The van der Waals surface area contributed by atoms with Gasteiger partial charge in [0.2, 0.25) is 0 Å². The third-order valence-corrected chi connectivity index (χ3v) is 11.8. The van der Waals surface area contributed by atoms with Crippen LogP contribution in [0.5, 0.6) is 0 Å². The molecule has 6 aliphatic rings. The normalized spacial score (nSPS) is 60.1. The number of ether oxygens (including phenoxy) is 1. The molecule has 0 aromatic carbocycles. The van der Waals surface area contributed by atoms with Crippen molar-refractivity contribution in [3.63, 3.8) is 0 Å². The Kier molecular flexibility index (Phi) is 3.12. The quantitative estimate of drug-likeness (QED) is 0.737. The van der Waals surface area contributed by atoms with Crippen LogP contribution in [0.25, 0.3) is 0 Å². The van der Waals surface area contributed by atoms with E-state index < -0.39 is 5.60 Å². The first-order chi connectivity index (χ1) is 12.8. The van der Waals surface area contributed by atoms with Crippen LogP contribution < -0.4 is 0 Å². The molecule has 3 nitrogen and oxygen atoms in total. The molecule has 6 rings (SSSR count). The fourth-order valence-electron chi connectivity index (χ4n) is 10.8. The van der Waals surface area contributed by atoms with Crippen molar-refractivity contribution in [3.05, 3.63) is 0 Å². The van der Waals surface area contributed by atoms with Crippen molar-refractivity contribution in [1.29, 1.82) is 0 Å². The van der Waals surface area contributed by atoms with Gasteiger partial charge in [-0.25, -0.2) is 0 Å². The maximum Gasteiger partial charge on any atom is 0.141 e. The van der Waals surface area contributed by atoms with E-state index in [2.05, 4.69) is 13.8 Å². The first kappa shape index (κ1) is 17.4. The van der Waals surface area contributed by atoms with Crippen LogP contribution in [0.2, 0.25) is 0 Å². The lowest BCUT2D eigenvalue weighted by molar-refractivity contribution is -0.186. The van der Waals surface area contributed by atoms with E-state index in [9.17, 15) is 9.90 Å². The van der Waals surface area contributed by atoms with Gasteiger partial charge in [-0.3, -0.25) is 4.79 Å². The van der Waals surface area contributed by atoms with Crippen molar-refractivity contribution >= 4 is 5.78 Å². The lowest BCUT2D eigenvalue weighted by Gasteiger charge is -2.57. The maximum absolute atomic E-state index is 13.1. The average Bonchev–Trinajstić information content (AvgIpc) is 3.37. The van der Waals surface area contributed by atoms with Crippen molar-refractivity contribution < 1.29 is 14.6 Å². The number of carbonyl (C=O) groups excluding carboxylic acids is 1. The summed E-state index contributed by atoms with van der Waals surface area (Å²) in [6.07, 6.45) is 13.6. The Hall–Kier alpha value is -0.410. The highest BCUT2D eigenvalue weighted by molar-refractivity contribution is 5.88. The van der Waals surface area contributed by atoms with Crippen LogP contribution in [0.1, 0.15) is 84.5 Å². The van der Waals surface area contributed by atoms with Gasteiger partial charge < -0.3 is 9.84 Å². The number of hydrogen-bond acceptors (Lipinski definition) is 3. The molecule has 27 heavy (non-hydrogen) atoms. The number of rotatable bonds is 1. The van der Waals surface area contributed by atoms with Crippen LogP contribution in [-0.4, -0.2) is 29.7 Å². The van der Waals surface area contributed by atoms with Crippen LogP contribution >= 0.6 is 0 Å². The van der Waals surface area contributed by atoms with Gasteiger partial charge in [0.1, 0.15) is 11.4 Å². The summed E-state index contributed by atoms with van der Waals surface area (Å²) in [4.78, 5) is 13.1. The molecule has 6 fully saturated rings. The first-order valence-electron chi connectivity index (χ1n) is 11.5. The molecule has 0 aromatic rings. The van der Waals surface area contributed by atoms with E-state index in [1.807, 2.05) is 0 Å². The third kappa shape index (κ3) is 1.56. The lowest BCUT2D eigenvalue weighted by Crippen LogP contribution is -2.58. The summed E-state index contributed by atoms with van der Waals surface area (Å²) in [5.41, 5.74) is -0.134. The minimum absolute atomic E-state index is 0.0846. The zero-order chi connectivity index (χ0) is 18.9. The van der Waals surface area contributed by atoms with E-state index in [-0.39, 0.29) is 22.9 Å². The molecule has 0 amide bonds. The molecule has 8 atom stereocenters. The molecule has 6 aliphatic carbocycles. The number of ketones is 1. The van der Waals surface area contributed by atoms with E-state index in [0.717, 1.165) is 6.42 Å². The first-order valence-corrected chi connectivity index (χ1v) is 11.5. The van der Waals surface area contributed by atoms with Gasteiger partial charge in [-0.15, -0.1) is 0 Å². The summed E-state index contributed by atoms with van der Waals surface area (Å²) in [6, 6.07) is 0. The van der Waals surface area contributed by atoms with Crippen LogP contribution in [0.15, 0.2) is 0 Å². The molecular formula is C24H36O3. The number of fused-ring (bicyclic) bond motifs is 2. The van der Waals surface area contributed by atoms with E-state index in [1.54, 1.807) is 7.11 Å². The fourth-order valence-corrected chi connectivity index (χ4v) is 10.8. The number of aliphatic hydroxyl groups is 1. The summed E-state index contributed by atoms with van der Waals surface area (Å²) < 4.78 is 5.78. The molecular weight excluding hydrogens is 336 g/mol. The number of Topliss-reactive ketones (excluding diaryl/α,β-unsaturated/α-hetero) is 1. The summed E-state index contributed by atoms with van der Waals surface area (Å²) in [5.74, 6) is 1.13. The van der Waals surface area contributed by atoms with E-state index in [1.165, 1.54) is 57.8 Å². The highest BCUT2D eigenvalue weighted by atomic mass is 16.5. The molecule has 0 heterocycles. The molecule has 0 aromatic heterocycles. The van der Waals surface area contributed by atoms with Gasteiger partial charge in [0.25, 0.3) is 0 Å². The SMILES string of the molecule is COC1CC(=O)C2C3C4CCC5(CCC6(CCCC6)C5)C3(C)C(C)(C4)C12O. The van der Waals surface area contributed by atoms with Gasteiger partial charge >= 0.3 is 0 Å². The summed E-state index contributed by atoms with van der Waals surface area (Å²) in [6.45, 7) is 4.87. The van der Waals surface area contributed by atoms with Crippen molar-refractivity contribution in [3.8, 4) is 0 Å². The molecule has 0 radical (unpaired) electrons.